The van der Waals surface area contributed by atoms with Crippen LogP contribution in [-0.4, -0.2) is 21.0 Å². The Labute approximate surface area is 142 Å². The van der Waals surface area contributed by atoms with Gasteiger partial charge in [-0.05, 0) is 38.0 Å². The molecule has 4 rings (SSSR count). The molecule has 1 saturated carbocycles. The summed E-state index contributed by atoms with van der Waals surface area (Å²) in [7, 11) is 0. The van der Waals surface area contributed by atoms with Crippen molar-refractivity contribution in [3.8, 4) is 16.6 Å². The molecule has 2 aromatic heterocycles. The van der Waals surface area contributed by atoms with Gasteiger partial charge in [0.2, 0.25) is 0 Å². The predicted octanol–water partition coefficient (Wildman–Crippen LogP) is 4.44. The molecule has 0 radical (unpaired) electrons. The van der Waals surface area contributed by atoms with E-state index in [2.05, 4.69) is 16.0 Å². The largest absolute Gasteiger partial charge is 0.477 e. The van der Waals surface area contributed by atoms with Gasteiger partial charge < -0.3 is 10.1 Å². The van der Waals surface area contributed by atoms with Gasteiger partial charge in [-0.3, -0.25) is 0 Å². The van der Waals surface area contributed by atoms with Crippen LogP contribution in [0.2, 0.25) is 0 Å². The summed E-state index contributed by atoms with van der Waals surface area (Å²) in [5.74, 6) is -0.500. The molecule has 1 aliphatic rings. The Bertz CT molecular complexity index is 1010. The molecule has 2 N–H and O–H groups in total. The number of carboxylic acid groups (broad SMARTS) is 1. The van der Waals surface area contributed by atoms with Crippen molar-refractivity contribution in [1.29, 1.82) is 5.26 Å². The fraction of sp³-hybridized carbons (Fsp3) is 0.278. The number of hydrogen-bond acceptors (Lipinski definition) is 4. The average molecular weight is 337 g/mol. The topological polar surface area (TPSA) is 89.8 Å². The van der Waals surface area contributed by atoms with Crippen LogP contribution in [0.15, 0.2) is 18.2 Å². The van der Waals surface area contributed by atoms with Crippen LogP contribution in [0.3, 0.4) is 0 Å². The van der Waals surface area contributed by atoms with Crippen molar-refractivity contribution in [2.45, 2.75) is 32.1 Å². The maximum Gasteiger partial charge on any atom is 0.347 e. The van der Waals surface area contributed by atoms with E-state index < -0.39 is 5.97 Å². The number of nitriles is 1. The first-order valence-electron chi connectivity index (χ1n) is 7.85. The van der Waals surface area contributed by atoms with Crippen LogP contribution in [0.1, 0.15) is 51.8 Å². The highest BCUT2D eigenvalue weighted by Crippen LogP contribution is 2.40. The molecule has 0 atom stereocenters. The number of aromatic amines is 1. The lowest BCUT2D eigenvalue weighted by Gasteiger charge is -2.24. The molecule has 1 aliphatic carbocycles. The van der Waals surface area contributed by atoms with Crippen molar-refractivity contribution in [2.24, 2.45) is 0 Å². The number of aromatic nitrogens is 2. The van der Waals surface area contributed by atoms with Crippen molar-refractivity contribution in [2.75, 3.05) is 0 Å². The van der Waals surface area contributed by atoms with Gasteiger partial charge in [-0.25, -0.2) is 9.78 Å². The smallest absolute Gasteiger partial charge is 0.347 e. The zero-order chi connectivity index (χ0) is 16.8. The molecule has 24 heavy (non-hydrogen) atoms. The lowest BCUT2D eigenvalue weighted by molar-refractivity contribution is 0.0701. The second-order valence-electron chi connectivity index (χ2n) is 6.15. The Morgan fingerprint density at radius 3 is 2.83 bits per heavy atom. The van der Waals surface area contributed by atoms with Crippen molar-refractivity contribution in [3.63, 3.8) is 0 Å². The van der Waals surface area contributed by atoms with E-state index in [1.807, 2.05) is 18.2 Å². The van der Waals surface area contributed by atoms with E-state index in [0.717, 1.165) is 35.0 Å². The van der Waals surface area contributed by atoms with E-state index in [9.17, 15) is 15.2 Å². The van der Waals surface area contributed by atoms with Gasteiger partial charge in [0.05, 0.1) is 11.3 Å². The number of rotatable bonds is 3. The van der Waals surface area contributed by atoms with E-state index in [0.29, 0.717) is 22.2 Å². The van der Waals surface area contributed by atoms with Crippen LogP contribution < -0.4 is 0 Å². The Kier molecular flexibility index (Phi) is 3.39. The minimum atomic E-state index is -0.955. The molecule has 0 unspecified atom stereocenters. The monoisotopic (exact) mass is 337 g/mol. The first-order chi connectivity index (χ1) is 11.6. The second-order valence-corrected chi connectivity index (χ2v) is 7.15. The summed E-state index contributed by atoms with van der Waals surface area (Å²) >= 11 is 1.17. The number of nitrogens with zero attached hydrogens (tertiary/aromatic N) is 2. The van der Waals surface area contributed by atoms with Gasteiger partial charge in [-0.15, -0.1) is 11.3 Å². The zero-order valence-corrected chi connectivity index (χ0v) is 13.9. The molecular formula is C18H15N3O2S. The van der Waals surface area contributed by atoms with E-state index in [4.69, 9.17) is 0 Å². The molecular weight excluding hydrogens is 322 g/mol. The maximum absolute atomic E-state index is 11.2. The van der Waals surface area contributed by atoms with Gasteiger partial charge >= 0.3 is 5.97 Å². The maximum atomic E-state index is 11.2. The van der Waals surface area contributed by atoms with Crippen LogP contribution in [0, 0.1) is 18.3 Å². The fourth-order valence-electron chi connectivity index (χ4n) is 3.19. The molecule has 5 nitrogen and oxygen atoms in total. The van der Waals surface area contributed by atoms with Crippen LogP contribution >= 0.6 is 11.3 Å². The SMILES string of the molecule is Cc1nc(-c2ccc3[nH]c(C4CCC4)c(C#N)c3c2)sc1C(=O)O. The van der Waals surface area contributed by atoms with E-state index in [1.165, 1.54) is 17.8 Å². The lowest BCUT2D eigenvalue weighted by atomic mass is 9.81. The van der Waals surface area contributed by atoms with Gasteiger partial charge in [-0.1, -0.05) is 6.42 Å². The van der Waals surface area contributed by atoms with Gasteiger partial charge in [-0.2, -0.15) is 5.26 Å². The predicted molar refractivity (Wildman–Crippen MR) is 92.4 cm³/mol. The van der Waals surface area contributed by atoms with Crippen molar-refractivity contribution < 1.29 is 9.90 Å². The lowest BCUT2D eigenvalue weighted by Crippen LogP contribution is -2.10. The molecule has 0 saturated heterocycles. The number of aryl methyl sites for hydroxylation is 1. The molecule has 3 aromatic rings. The number of benzene rings is 1. The molecule has 2 heterocycles. The molecule has 0 amide bonds. The first-order valence-corrected chi connectivity index (χ1v) is 8.67. The molecule has 6 heteroatoms. The zero-order valence-electron chi connectivity index (χ0n) is 13.1. The number of aromatic carboxylic acids is 1. The minimum absolute atomic E-state index is 0.259. The number of carboxylic acids is 1. The molecule has 120 valence electrons. The summed E-state index contributed by atoms with van der Waals surface area (Å²) in [5.41, 5.74) is 4.07. The molecule has 0 aliphatic heterocycles. The number of fused-ring (bicyclic) bond motifs is 1. The Balaban J connectivity index is 1.85. The minimum Gasteiger partial charge on any atom is -0.477 e. The van der Waals surface area contributed by atoms with Crippen LogP contribution in [0.5, 0.6) is 0 Å². The Morgan fingerprint density at radius 1 is 1.46 bits per heavy atom. The van der Waals surface area contributed by atoms with Crippen LogP contribution in [0.4, 0.5) is 0 Å². The number of thiazole rings is 1. The summed E-state index contributed by atoms with van der Waals surface area (Å²) in [6.45, 7) is 1.70. The summed E-state index contributed by atoms with van der Waals surface area (Å²) in [5, 5.41) is 20.4. The van der Waals surface area contributed by atoms with Gasteiger partial charge in [0.25, 0.3) is 0 Å². The standard InChI is InChI=1S/C18H15N3O2S/c1-9-16(18(22)23)24-17(20-9)11-5-6-14-12(7-11)13(8-19)15(21-14)10-3-2-4-10/h5-7,10,21H,2-4H2,1H3,(H,22,23). The van der Waals surface area contributed by atoms with Crippen molar-refractivity contribution in [3.05, 3.63) is 40.0 Å². The highest BCUT2D eigenvalue weighted by atomic mass is 32.1. The summed E-state index contributed by atoms with van der Waals surface area (Å²) < 4.78 is 0. The number of carbonyl (C=O) groups is 1. The highest BCUT2D eigenvalue weighted by Gasteiger charge is 2.25. The molecule has 0 bridgehead atoms. The summed E-state index contributed by atoms with van der Waals surface area (Å²) in [6.07, 6.45) is 3.47. The fourth-order valence-corrected chi connectivity index (χ4v) is 4.09. The van der Waals surface area contributed by atoms with Crippen LogP contribution in [-0.2, 0) is 0 Å². The average Bonchev–Trinajstić information content (AvgIpc) is 3.05. The van der Waals surface area contributed by atoms with Crippen molar-refractivity contribution in [1.82, 2.24) is 9.97 Å². The first kappa shape index (κ1) is 14.9. The van der Waals surface area contributed by atoms with Crippen LogP contribution in [0.25, 0.3) is 21.5 Å². The summed E-state index contributed by atoms with van der Waals surface area (Å²) in [6, 6.07) is 8.15. The Morgan fingerprint density at radius 2 is 2.25 bits per heavy atom. The number of H-pyrrole nitrogens is 1. The number of hydrogen-bond donors (Lipinski definition) is 2. The van der Waals surface area contributed by atoms with E-state index in [-0.39, 0.29) is 4.88 Å². The van der Waals surface area contributed by atoms with E-state index in [1.54, 1.807) is 6.92 Å². The van der Waals surface area contributed by atoms with Gasteiger partial charge in [0.1, 0.15) is 16.0 Å². The molecule has 1 fully saturated rings. The highest BCUT2D eigenvalue weighted by molar-refractivity contribution is 7.17. The van der Waals surface area contributed by atoms with Gasteiger partial charge in [0.15, 0.2) is 0 Å². The second kappa shape index (κ2) is 5.46. The molecule has 0 spiro atoms. The third-order valence-electron chi connectivity index (χ3n) is 4.69. The van der Waals surface area contributed by atoms with E-state index >= 15 is 0 Å². The molecule has 1 aromatic carbocycles. The van der Waals surface area contributed by atoms with Crippen molar-refractivity contribution >= 4 is 28.2 Å². The summed E-state index contributed by atoms with van der Waals surface area (Å²) in [4.78, 5) is 19.3. The van der Waals surface area contributed by atoms with Gasteiger partial charge in [0, 0.05) is 28.1 Å². The third kappa shape index (κ3) is 2.21. The normalized spacial score (nSPS) is 14.5. The quantitative estimate of drug-likeness (QED) is 0.739. The third-order valence-corrected chi connectivity index (χ3v) is 5.89. The number of nitrogens with one attached hydrogen (secondary N) is 1. The Hall–Kier alpha value is -2.65.